The molecule has 162 valence electrons. The zero-order valence-corrected chi connectivity index (χ0v) is 16.6. The summed E-state index contributed by atoms with van der Waals surface area (Å²) >= 11 is 0. The van der Waals surface area contributed by atoms with Gasteiger partial charge in [0.1, 0.15) is 5.69 Å². The first-order chi connectivity index (χ1) is 14.3. The number of nitrogens with one attached hydrogen (secondary N) is 2. The fourth-order valence-corrected chi connectivity index (χ4v) is 4.65. The van der Waals surface area contributed by atoms with Gasteiger partial charge >= 0.3 is 7.82 Å². The number of H-pyrrole nitrogens is 1. The molecule has 0 saturated heterocycles. The molecule has 2 aromatic rings. The molecule has 0 amide bonds. The number of aliphatic hydroxyl groups is 1. The lowest BCUT2D eigenvalue weighted by molar-refractivity contribution is 0.0216. The summed E-state index contributed by atoms with van der Waals surface area (Å²) in [6, 6.07) is 5.03. The Morgan fingerprint density at radius 2 is 2.17 bits per heavy atom. The van der Waals surface area contributed by atoms with Crippen molar-refractivity contribution in [3.8, 4) is 5.75 Å². The number of phosphoric ester groups is 1. The van der Waals surface area contributed by atoms with Crippen LogP contribution in [0, 0.1) is 17.7 Å². The first kappa shape index (κ1) is 20.6. The Hall–Kier alpha value is -2.66. The van der Waals surface area contributed by atoms with Gasteiger partial charge in [0.15, 0.2) is 17.4 Å². The van der Waals surface area contributed by atoms with Crippen LogP contribution < -0.4 is 26.0 Å². The van der Waals surface area contributed by atoms with Gasteiger partial charge in [0.25, 0.3) is 5.56 Å². The molecule has 11 nitrogen and oxygen atoms in total. The highest BCUT2D eigenvalue weighted by atomic mass is 31.2. The summed E-state index contributed by atoms with van der Waals surface area (Å²) < 4.78 is 35.6. The molecule has 1 aliphatic heterocycles. The standard InChI is InChI=1S/C17H21FN5O6P/c18-11-3-1-2-4-13(11)29-30(26,27)28-7-9-5-12(10(9)6-24)23-8-20-14-15(23)21-17(19)22-16(14)25/h1-4,9-10,12,20,24H,5-8H2,(H,26,27)(H3,19,21,22,25)/t9-,10-,12-/m1/s1. The van der Waals surface area contributed by atoms with Crippen LogP contribution in [0.25, 0.3) is 0 Å². The van der Waals surface area contributed by atoms with E-state index in [1.165, 1.54) is 18.2 Å². The fraction of sp³-hybridized carbons (Fsp3) is 0.412. The fourth-order valence-electron chi connectivity index (χ4n) is 3.82. The number of rotatable bonds is 7. The minimum absolute atomic E-state index is 0.0151. The molecule has 1 unspecified atom stereocenters. The average molecular weight is 441 g/mol. The number of nitrogen functional groups attached to an aromatic ring is 1. The molecule has 1 saturated carbocycles. The second kappa shape index (κ2) is 7.88. The van der Waals surface area contributed by atoms with Crippen molar-refractivity contribution in [1.82, 2.24) is 9.97 Å². The maximum absolute atomic E-state index is 13.6. The van der Waals surface area contributed by atoms with Crippen LogP contribution >= 0.6 is 7.82 Å². The summed E-state index contributed by atoms with van der Waals surface area (Å²) in [6.45, 7) is -0.0470. The highest BCUT2D eigenvalue weighted by Gasteiger charge is 2.47. The molecule has 1 aromatic heterocycles. The third kappa shape index (κ3) is 3.86. The van der Waals surface area contributed by atoms with Crippen molar-refractivity contribution < 1.29 is 28.0 Å². The van der Waals surface area contributed by atoms with Gasteiger partial charge in [-0.05, 0) is 24.5 Å². The number of nitrogens with two attached hydrogens (primary N) is 1. The van der Waals surface area contributed by atoms with Gasteiger partial charge in [0.05, 0.1) is 13.3 Å². The molecule has 0 radical (unpaired) electrons. The van der Waals surface area contributed by atoms with Crippen molar-refractivity contribution in [2.75, 3.05) is 35.8 Å². The smallest absolute Gasteiger partial charge is 0.401 e. The maximum Gasteiger partial charge on any atom is 0.527 e. The molecule has 1 fully saturated rings. The second-order valence-corrected chi connectivity index (χ2v) is 8.53. The van der Waals surface area contributed by atoms with E-state index in [4.69, 9.17) is 14.8 Å². The highest BCUT2D eigenvalue weighted by Crippen LogP contribution is 2.48. The monoisotopic (exact) mass is 441 g/mol. The number of phosphoric acid groups is 1. The normalized spacial score (nSPS) is 24.5. The van der Waals surface area contributed by atoms with Crippen LogP contribution in [-0.4, -0.2) is 45.9 Å². The number of aromatic amines is 1. The SMILES string of the molecule is Nc1nc2c(c(=O)[nH]1)NCN2[C@@H]1C[C@H](COP(=O)(O)Oc2ccccc2F)[C@H]1CO. The van der Waals surface area contributed by atoms with Crippen molar-refractivity contribution in [3.63, 3.8) is 0 Å². The zero-order chi connectivity index (χ0) is 21.5. The summed E-state index contributed by atoms with van der Waals surface area (Å²) in [5.74, 6) is -1.33. The molecule has 0 spiro atoms. The van der Waals surface area contributed by atoms with Gasteiger partial charge < -0.3 is 25.6 Å². The third-order valence-electron chi connectivity index (χ3n) is 5.37. The number of hydrogen-bond donors (Lipinski definition) is 5. The topological polar surface area (TPSA) is 163 Å². The number of para-hydroxylation sites is 1. The number of hydrogen-bond acceptors (Lipinski definition) is 9. The Kier molecular flexibility index (Phi) is 5.41. The number of benzene rings is 1. The summed E-state index contributed by atoms with van der Waals surface area (Å²) in [4.78, 5) is 30.3. The molecule has 2 heterocycles. The Morgan fingerprint density at radius 3 is 2.90 bits per heavy atom. The summed E-state index contributed by atoms with van der Waals surface area (Å²) in [5.41, 5.74) is 5.55. The number of aliphatic hydroxyl groups excluding tert-OH is 1. The van der Waals surface area contributed by atoms with Crippen LogP contribution in [0.5, 0.6) is 5.75 Å². The molecule has 4 rings (SSSR count). The Bertz CT molecular complexity index is 1050. The highest BCUT2D eigenvalue weighted by molar-refractivity contribution is 7.47. The van der Waals surface area contributed by atoms with Gasteiger partial charge in [-0.2, -0.15) is 4.98 Å². The number of fused-ring (bicyclic) bond motifs is 1. The van der Waals surface area contributed by atoms with Crippen molar-refractivity contribution in [2.45, 2.75) is 12.5 Å². The average Bonchev–Trinajstić information content (AvgIpc) is 3.06. The molecule has 1 aliphatic carbocycles. The summed E-state index contributed by atoms with van der Waals surface area (Å²) in [7, 11) is -4.54. The van der Waals surface area contributed by atoms with Gasteiger partial charge in [-0.15, -0.1) is 0 Å². The van der Waals surface area contributed by atoms with Crippen molar-refractivity contribution in [1.29, 1.82) is 0 Å². The van der Waals surface area contributed by atoms with E-state index in [0.717, 1.165) is 6.07 Å². The first-order valence-electron chi connectivity index (χ1n) is 9.21. The Labute approximate surface area is 170 Å². The molecule has 0 bridgehead atoms. The lowest BCUT2D eigenvalue weighted by atomic mass is 9.69. The molecule has 30 heavy (non-hydrogen) atoms. The lowest BCUT2D eigenvalue weighted by Crippen LogP contribution is -2.55. The minimum Gasteiger partial charge on any atom is -0.401 e. The first-order valence-corrected chi connectivity index (χ1v) is 10.7. The number of aromatic nitrogens is 2. The van der Waals surface area contributed by atoms with Gasteiger partial charge in [-0.3, -0.25) is 19.2 Å². The van der Waals surface area contributed by atoms with E-state index in [1.54, 1.807) is 0 Å². The summed E-state index contributed by atoms with van der Waals surface area (Å²) in [6.07, 6.45) is 0.514. The van der Waals surface area contributed by atoms with Crippen molar-refractivity contribution in [3.05, 3.63) is 40.4 Å². The van der Waals surface area contributed by atoms with E-state index < -0.39 is 13.6 Å². The Balaban J connectivity index is 1.39. The van der Waals surface area contributed by atoms with Crippen LogP contribution in [0.15, 0.2) is 29.1 Å². The van der Waals surface area contributed by atoms with E-state index in [0.29, 0.717) is 24.6 Å². The largest absolute Gasteiger partial charge is 0.527 e. The number of nitrogens with zero attached hydrogens (tertiary/aromatic N) is 2. The predicted molar refractivity (Wildman–Crippen MR) is 106 cm³/mol. The van der Waals surface area contributed by atoms with Crippen molar-refractivity contribution >= 4 is 25.3 Å². The lowest BCUT2D eigenvalue weighted by Gasteiger charge is -2.48. The van der Waals surface area contributed by atoms with Gasteiger partial charge in [0, 0.05) is 18.6 Å². The van der Waals surface area contributed by atoms with Gasteiger partial charge in [-0.25, -0.2) is 8.96 Å². The maximum atomic E-state index is 13.6. The van der Waals surface area contributed by atoms with Gasteiger partial charge in [-0.1, -0.05) is 12.1 Å². The van der Waals surface area contributed by atoms with Gasteiger partial charge in [0.2, 0.25) is 5.95 Å². The zero-order valence-electron chi connectivity index (χ0n) is 15.7. The van der Waals surface area contributed by atoms with Crippen LogP contribution in [-0.2, 0) is 9.09 Å². The van der Waals surface area contributed by atoms with Crippen molar-refractivity contribution in [2.24, 2.45) is 11.8 Å². The molecule has 2 aliphatic rings. The molecule has 13 heteroatoms. The molecule has 1 aromatic carbocycles. The second-order valence-electron chi connectivity index (χ2n) is 7.15. The third-order valence-corrected chi connectivity index (χ3v) is 6.28. The van der Waals surface area contributed by atoms with Crippen LogP contribution in [0.4, 0.5) is 21.8 Å². The summed E-state index contributed by atoms with van der Waals surface area (Å²) in [5, 5.41) is 12.8. The molecule has 6 N–H and O–H groups in total. The van der Waals surface area contributed by atoms with E-state index in [-0.39, 0.29) is 48.3 Å². The predicted octanol–water partition coefficient (Wildman–Crippen LogP) is 0.874. The van der Waals surface area contributed by atoms with Crippen LogP contribution in [0.3, 0.4) is 0 Å². The minimum atomic E-state index is -4.54. The van der Waals surface area contributed by atoms with E-state index in [9.17, 15) is 23.7 Å². The number of halogens is 1. The molecular formula is C17H21FN5O6P. The van der Waals surface area contributed by atoms with Crippen LogP contribution in [0.2, 0.25) is 0 Å². The van der Waals surface area contributed by atoms with E-state index in [2.05, 4.69) is 15.3 Å². The molecule has 4 atom stereocenters. The Morgan fingerprint density at radius 1 is 1.40 bits per heavy atom. The van der Waals surface area contributed by atoms with Crippen LogP contribution in [0.1, 0.15) is 6.42 Å². The number of anilines is 3. The molecular weight excluding hydrogens is 420 g/mol. The quantitative estimate of drug-likeness (QED) is 0.390. The van der Waals surface area contributed by atoms with E-state index in [1.807, 2.05) is 4.90 Å². The van der Waals surface area contributed by atoms with E-state index >= 15 is 0 Å².